The van der Waals surface area contributed by atoms with Gasteiger partial charge in [-0.25, -0.2) is 0 Å². The normalized spacial score (nSPS) is 15.4. The van der Waals surface area contributed by atoms with Crippen LogP contribution in [0.5, 0.6) is 0 Å². The van der Waals surface area contributed by atoms with Crippen LogP contribution in [0.1, 0.15) is 29.8 Å². The molecule has 1 atom stereocenters. The summed E-state index contributed by atoms with van der Waals surface area (Å²) < 4.78 is 56.2. The standard InChI is InChI=1S/C28H26AsF4N5O/c1-16-25(27(39)36-20-6-4-19-15-34-11-9-17(19)12-20)26(18-5-7-22(23(30)13-18)28(31,32)33)38-24(35-16)14-21(37-38)8-10-29(2)3/h4-7,9,11-15,26,35H,8,10H2,1-3H3,(H,36,39). The number of alkyl halides is 3. The number of hydrogen-bond donors (Lipinski definition) is 2. The zero-order valence-corrected chi connectivity index (χ0v) is 23.4. The summed E-state index contributed by atoms with van der Waals surface area (Å²) in [6.07, 6.45) is -0.722. The molecule has 0 radical (unpaired) electrons. The Labute approximate surface area is 227 Å². The van der Waals surface area contributed by atoms with Crippen LogP contribution in [-0.2, 0) is 17.4 Å². The van der Waals surface area contributed by atoms with Gasteiger partial charge in [0.25, 0.3) is 0 Å². The molecule has 1 unspecified atom stereocenters. The fraction of sp³-hybridized carbons (Fsp3) is 0.250. The molecule has 11 heteroatoms. The Bertz CT molecular complexity index is 1590. The van der Waals surface area contributed by atoms with Crippen LogP contribution in [0.25, 0.3) is 10.8 Å². The molecule has 3 heterocycles. The van der Waals surface area contributed by atoms with Gasteiger partial charge in [0.1, 0.15) is 0 Å². The Morgan fingerprint density at radius 3 is 2.62 bits per heavy atom. The predicted molar refractivity (Wildman–Crippen MR) is 144 cm³/mol. The van der Waals surface area contributed by atoms with Crippen LogP contribution < -0.4 is 10.6 Å². The fourth-order valence-electron chi connectivity index (χ4n) is 4.68. The number of nitrogens with one attached hydrogen (secondary N) is 2. The quantitative estimate of drug-likeness (QED) is 0.189. The average molecular weight is 599 g/mol. The van der Waals surface area contributed by atoms with Crippen molar-refractivity contribution in [3.8, 4) is 0 Å². The van der Waals surface area contributed by atoms with Crippen molar-refractivity contribution in [1.29, 1.82) is 0 Å². The van der Waals surface area contributed by atoms with Gasteiger partial charge in [-0.2, -0.15) is 0 Å². The number of aromatic nitrogens is 3. The van der Waals surface area contributed by atoms with Crippen molar-refractivity contribution in [1.82, 2.24) is 14.8 Å². The Kier molecular flexibility index (Phi) is 7.24. The zero-order valence-electron chi connectivity index (χ0n) is 21.5. The molecule has 2 aromatic heterocycles. The summed E-state index contributed by atoms with van der Waals surface area (Å²) in [7, 11) is 0. The second-order valence-electron chi connectivity index (χ2n) is 9.71. The molecule has 1 aliphatic heterocycles. The first-order valence-electron chi connectivity index (χ1n) is 12.2. The van der Waals surface area contributed by atoms with E-state index in [0.717, 1.165) is 34.2 Å². The molecule has 4 aromatic rings. The SMILES string of the molecule is CC1=C(C(=O)Nc2ccc3cnccc3c2)C(c2ccc(C(F)(F)F)c(F)c2)n2nc(CC[As](C)C)cc2N1. The van der Waals surface area contributed by atoms with Gasteiger partial charge in [-0.15, -0.1) is 0 Å². The number of allylic oxidation sites excluding steroid dienone is 1. The molecule has 2 N–H and O–H groups in total. The first-order chi connectivity index (χ1) is 18.5. The summed E-state index contributed by atoms with van der Waals surface area (Å²) in [5.41, 5.74) is 5.37. The van der Waals surface area contributed by atoms with E-state index in [2.05, 4.69) is 27.0 Å². The monoisotopic (exact) mass is 599 g/mol. The summed E-state index contributed by atoms with van der Waals surface area (Å²) in [6, 6.07) is 10.9. The molecular formula is C28H26AsF4N5O. The number of nitrogens with zero attached hydrogens (tertiary/aromatic N) is 3. The van der Waals surface area contributed by atoms with Crippen molar-refractivity contribution in [3.63, 3.8) is 0 Å². The summed E-state index contributed by atoms with van der Waals surface area (Å²) in [6.45, 7) is 1.71. The molecule has 0 bridgehead atoms. The first-order valence-corrected chi connectivity index (χ1v) is 17.3. The van der Waals surface area contributed by atoms with E-state index in [-0.39, 0.29) is 11.1 Å². The third kappa shape index (κ3) is 5.57. The number of pyridine rings is 1. The molecule has 202 valence electrons. The van der Waals surface area contributed by atoms with E-state index in [1.54, 1.807) is 36.1 Å². The van der Waals surface area contributed by atoms with Gasteiger partial charge in [-0.1, -0.05) is 0 Å². The van der Waals surface area contributed by atoms with Crippen LogP contribution in [0, 0.1) is 5.82 Å². The van der Waals surface area contributed by atoms with Crippen molar-refractivity contribution in [2.24, 2.45) is 0 Å². The average Bonchev–Trinajstić information content (AvgIpc) is 3.28. The van der Waals surface area contributed by atoms with E-state index in [9.17, 15) is 22.4 Å². The summed E-state index contributed by atoms with van der Waals surface area (Å²) in [4.78, 5) is 17.8. The molecule has 2 aromatic carbocycles. The van der Waals surface area contributed by atoms with Crippen LogP contribution in [-0.4, -0.2) is 35.3 Å². The van der Waals surface area contributed by atoms with E-state index in [0.29, 0.717) is 23.3 Å². The number of benzene rings is 2. The molecule has 0 saturated carbocycles. The topological polar surface area (TPSA) is 71.8 Å². The number of carbonyl (C=O) groups excluding carboxylic acids is 1. The van der Waals surface area contributed by atoms with Gasteiger partial charge in [0.2, 0.25) is 0 Å². The van der Waals surface area contributed by atoms with Crippen molar-refractivity contribution in [3.05, 3.63) is 94.8 Å². The predicted octanol–water partition coefficient (Wildman–Crippen LogP) is 6.81. The number of fused-ring (bicyclic) bond motifs is 2. The number of aryl methyl sites for hydroxylation is 1. The third-order valence-electron chi connectivity index (χ3n) is 6.60. The van der Waals surface area contributed by atoms with Gasteiger partial charge in [0.15, 0.2) is 0 Å². The van der Waals surface area contributed by atoms with Gasteiger partial charge in [0.05, 0.1) is 0 Å². The Hall–Kier alpha value is -3.65. The Balaban J connectivity index is 1.56. The minimum absolute atomic E-state index is 0.186. The molecule has 1 amide bonds. The number of anilines is 2. The van der Waals surface area contributed by atoms with Crippen LogP contribution in [0.2, 0.25) is 16.6 Å². The van der Waals surface area contributed by atoms with Crippen LogP contribution in [0.3, 0.4) is 0 Å². The summed E-state index contributed by atoms with van der Waals surface area (Å²) in [5.74, 6) is -1.29. The Morgan fingerprint density at radius 2 is 1.90 bits per heavy atom. The van der Waals surface area contributed by atoms with Crippen molar-refractivity contribution < 1.29 is 22.4 Å². The van der Waals surface area contributed by atoms with Gasteiger partial charge in [-0.3, -0.25) is 4.98 Å². The number of carbonyl (C=O) groups is 1. The van der Waals surface area contributed by atoms with Crippen LogP contribution >= 0.6 is 0 Å². The summed E-state index contributed by atoms with van der Waals surface area (Å²) >= 11 is -0.922. The van der Waals surface area contributed by atoms with E-state index in [4.69, 9.17) is 5.10 Å². The number of rotatable bonds is 6. The number of amides is 1. The molecule has 6 nitrogen and oxygen atoms in total. The maximum atomic E-state index is 14.7. The van der Waals surface area contributed by atoms with Gasteiger partial charge >= 0.3 is 199 Å². The van der Waals surface area contributed by atoms with Crippen LogP contribution in [0.15, 0.2) is 72.2 Å². The molecule has 39 heavy (non-hydrogen) atoms. The zero-order chi connectivity index (χ0) is 27.9. The van der Waals surface area contributed by atoms with Crippen molar-refractivity contribution in [2.75, 3.05) is 10.6 Å². The van der Waals surface area contributed by atoms with E-state index >= 15 is 0 Å². The molecule has 0 aliphatic carbocycles. The second-order valence-corrected chi connectivity index (χ2v) is 15.2. The van der Waals surface area contributed by atoms with Crippen molar-refractivity contribution >= 4 is 42.8 Å². The van der Waals surface area contributed by atoms with Gasteiger partial charge < -0.3 is 0 Å². The molecule has 0 fully saturated rings. The van der Waals surface area contributed by atoms with Crippen LogP contribution in [0.4, 0.5) is 29.1 Å². The Morgan fingerprint density at radius 1 is 1.10 bits per heavy atom. The third-order valence-corrected chi connectivity index (χ3v) is 8.94. The second kappa shape index (κ2) is 10.5. The first kappa shape index (κ1) is 26.9. The summed E-state index contributed by atoms with van der Waals surface area (Å²) in [5, 5.41) is 13.6. The minimum atomic E-state index is -4.83. The number of halogens is 4. The van der Waals surface area contributed by atoms with E-state index in [1.807, 2.05) is 18.2 Å². The molecule has 1 aliphatic rings. The molecule has 5 rings (SSSR count). The van der Waals surface area contributed by atoms with E-state index in [1.165, 1.54) is 6.07 Å². The molecule has 0 spiro atoms. The van der Waals surface area contributed by atoms with Crippen molar-refractivity contribution in [2.45, 2.75) is 42.2 Å². The molecular weight excluding hydrogens is 573 g/mol. The van der Waals surface area contributed by atoms with Gasteiger partial charge in [0, 0.05) is 17.8 Å². The maximum absolute atomic E-state index is 14.7. The van der Waals surface area contributed by atoms with Gasteiger partial charge in [-0.05, 0) is 6.07 Å². The van der Waals surface area contributed by atoms with E-state index < -0.39 is 44.2 Å². The number of hydrogen-bond acceptors (Lipinski definition) is 4. The fourth-order valence-corrected chi connectivity index (χ4v) is 6.09. The molecule has 0 saturated heterocycles.